The fourth-order valence-electron chi connectivity index (χ4n) is 2.98. The van der Waals surface area contributed by atoms with Gasteiger partial charge < -0.3 is 19.5 Å². The third kappa shape index (κ3) is 2.71. The van der Waals surface area contributed by atoms with E-state index in [4.69, 9.17) is 4.74 Å². The molecule has 1 aromatic heterocycles. The van der Waals surface area contributed by atoms with Crippen molar-refractivity contribution in [3.8, 4) is 0 Å². The number of fused-ring (bicyclic) bond motifs is 1. The van der Waals surface area contributed by atoms with Crippen molar-refractivity contribution in [1.29, 1.82) is 0 Å². The highest BCUT2D eigenvalue weighted by Gasteiger charge is 2.20. The monoisotopic (exact) mass is 278 g/mol. The lowest BCUT2D eigenvalue weighted by molar-refractivity contribution is -0.135. The van der Waals surface area contributed by atoms with E-state index in [0.29, 0.717) is 19.6 Å². The SMILES string of the molecule is Cc1nc2c(n1CCC(=O)N1CCOCC1)CCNC2. The van der Waals surface area contributed by atoms with Gasteiger partial charge in [-0.05, 0) is 6.92 Å². The van der Waals surface area contributed by atoms with E-state index in [2.05, 4.69) is 14.9 Å². The molecule has 0 atom stereocenters. The molecule has 2 aliphatic heterocycles. The van der Waals surface area contributed by atoms with Crippen molar-refractivity contribution in [3.05, 3.63) is 17.2 Å². The number of aromatic nitrogens is 2. The fraction of sp³-hybridized carbons (Fsp3) is 0.714. The van der Waals surface area contributed by atoms with E-state index in [-0.39, 0.29) is 5.91 Å². The van der Waals surface area contributed by atoms with E-state index in [9.17, 15) is 4.79 Å². The zero-order valence-electron chi connectivity index (χ0n) is 12.0. The number of carbonyl (C=O) groups excluding carboxylic acids is 1. The Morgan fingerprint density at radius 2 is 2.20 bits per heavy atom. The van der Waals surface area contributed by atoms with Gasteiger partial charge in [-0.1, -0.05) is 0 Å². The Morgan fingerprint density at radius 3 is 3.00 bits per heavy atom. The molecule has 1 N–H and O–H groups in total. The molecule has 0 aliphatic carbocycles. The first-order chi connectivity index (χ1) is 9.75. The van der Waals surface area contributed by atoms with Crippen LogP contribution in [0.5, 0.6) is 0 Å². The van der Waals surface area contributed by atoms with Gasteiger partial charge in [0.2, 0.25) is 5.91 Å². The highest BCUT2D eigenvalue weighted by molar-refractivity contribution is 5.76. The molecule has 6 heteroatoms. The molecule has 1 aromatic rings. The molecule has 0 unspecified atom stereocenters. The molecule has 6 nitrogen and oxygen atoms in total. The summed E-state index contributed by atoms with van der Waals surface area (Å²) in [5.41, 5.74) is 2.45. The van der Waals surface area contributed by atoms with Gasteiger partial charge >= 0.3 is 0 Å². The van der Waals surface area contributed by atoms with Crippen molar-refractivity contribution in [3.63, 3.8) is 0 Å². The van der Waals surface area contributed by atoms with Crippen molar-refractivity contribution in [1.82, 2.24) is 19.8 Å². The summed E-state index contributed by atoms with van der Waals surface area (Å²) in [7, 11) is 0. The van der Waals surface area contributed by atoms with E-state index in [1.165, 1.54) is 5.69 Å². The average molecular weight is 278 g/mol. The molecule has 3 rings (SSSR count). The number of amides is 1. The number of ether oxygens (including phenoxy) is 1. The van der Waals surface area contributed by atoms with Crippen LogP contribution in [0.2, 0.25) is 0 Å². The van der Waals surface area contributed by atoms with Gasteiger partial charge in [0.1, 0.15) is 5.82 Å². The van der Waals surface area contributed by atoms with Crippen LogP contribution in [0, 0.1) is 6.92 Å². The van der Waals surface area contributed by atoms with Gasteiger partial charge in [-0.15, -0.1) is 0 Å². The minimum Gasteiger partial charge on any atom is -0.378 e. The normalized spacial score (nSPS) is 18.9. The summed E-state index contributed by atoms with van der Waals surface area (Å²) in [6.45, 7) is 7.39. The van der Waals surface area contributed by atoms with Crippen LogP contribution in [0.4, 0.5) is 0 Å². The predicted molar refractivity (Wildman–Crippen MR) is 74.4 cm³/mol. The number of hydrogen-bond acceptors (Lipinski definition) is 4. The number of aryl methyl sites for hydroxylation is 1. The largest absolute Gasteiger partial charge is 0.378 e. The summed E-state index contributed by atoms with van der Waals surface area (Å²) < 4.78 is 7.49. The maximum absolute atomic E-state index is 12.2. The van der Waals surface area contributed by atoms with Crippen LogP contribution < -0.4 is 5.32 Å². The van der Waals surface area contributed by atoms with E-state index in [1.54, 1.807) is 0 Å². The van der Waals surface area contributed by atoms with Crippen LogP contribution in [0.1, 0.15) is 23.6 Å². The Hall–Kier alpha value is -1.40. The number of rotatable bonds is 3. The lowest BCUT2D eigenvalue weighted by Gasteiger charge is -2.27. The molecular weight excluding hydrogens is 256 g/mol. The minimum atomic E-state index is 0.226. The smallest absolute Gasteiger partial charge is 0.224 e. The minimum absolute atomic E-state index is 0.226. The molecule has 1 saturated heterocycles. The number of hydrogen-bond donors (Lipinski definition) is 1. The molecule has 0 saturated carbocycles. The molecule has 2 aliphatic rings. The molecule has 0 aromatic carbocycles. The van der Waals surface area contributed by atoms with Crippen molar-refractivity contribution in [2.75, 3.05) is 32.8 Å². The highest BCUT2D eigenvalue weighted by Crippen LogP contribution is 2.16. The van der Waals surface area contributed by atoms with Gasteiger partial charge in [-0.25, -0.2) is 4.98 Å². The first kappa shape index (κ1) is 13.6. The molecule has 20 heavy (non-hydrogen) atoms. The first-order valence-electron chi connectivity index (χ1n) is 7.37. The molecular formula is C14H22N4O2. The first-order valence-corrected chi connectivity index (χ1v) is 7.37. The van der Waals surface area contributed by atoms with Gasteiger partial charge in [0.05, 0.1) is 18.9 Å². The van der Waals surface area contributed by atoms with Gasteiger partial charge in [-0.3, -0.25) is 4.79 Å². The number of carbonyl (C=O) groups is 1. The Morgan fingerprint density at radius 1 is 1.40 bits per heavy atom. The van der Waals surface area contributed by atoms with Crippen molar-refractivity contribution < 1.29 is 9.53 Å². The second-order valence-corrected chi connectivity index (χ2v) is 5.37. The zero-order valence-corrected chi connectivity index (χ0v) is 12.0. The lowest BCUT2D eigenvalue weighted by Crippen LogP contribution is -2.41. The Kier molecular flexibility index (Phi) is 4.03. The van der Waals surface area contributed by atoms with Crippen LogP contribution in [0.15, 0.2) is 0 Å². The van der Waals surface area contributed by atoms with E-state index < -0.39 is 0 Å². The third-order valence-corrected chi connectivity index (χ3v) is 4.09. The maximum atomic E-state index is 12.2. The second kappa shape index (κ2) is 5.93. The summed E-state index contributed by atoms with van der Waals surface area (Å²) in [6.07, 6.45) is 1.55. The average Bonchev–Trinajstić information content (AvgIpc) is 2.81. The quantitative estimate of drug-likeness (QED) is 0.851. The third-order valence-electron chi connectivity index (χ3n) is 4.09. The van der Waals surface area contributed by atoms with Crippen LogP contribution >= 0.6 is 0 Å². The summed E-state index contributed by atoms with van der Waals surface area (Å²) in [4.78, 5) is 18.7. The molecule has 1 fully saturated rings. The predicted octanol–water partition coefficient (Wildman–Crippen LogP) is 0.0861. The topological polar surface area (TPSA) is 59.4 Å². The van der Waals surface area contributed by atoms with Crippen LogP contribution in [-0.4, -0.2) is 53.2 Å². The van der Waals surface area contributed by atoms with Crippen LogP contribution in [-0.2, 0) is 29.0 Å². The number of nitrogens with zero attached hydrogens (tertiary/aromatic N) is 3. The van der Waals surface area contributed by atoms with E-state index in [1.807, 2.05) is 11.8 Å². The molecule has 0 bridgehead atoms. The Bertz CT molecular complexity index is 492. The van der Waals surface area contributed by atoms with E-state index >= 15 is 0 Å². The molecule has 0 spiro atoms. The van der Waals surface area contributed by atoms with Gasteiger partial charge in [0, 0.05) is 51.3 Å². The van der Waals surface area contributed by atoms with Gasteiger partial charge in [-0.2, -0.15) is 0 Å². The Balaban J connectivity index is 1.63. The highest BCUT2D eigenvalue weighted by atomic mass is 16.5. The van der Waals surface area contributed by atoms with Crippen molar-refractivity contribution in [2.24, 2.45) is 0 Å². The molecule has 3 heterocycles. The number of imidazole rings is 1. The van der Waals surface area contributed by atoms with Crippen LogP contribution in [0.3, 0.4) is 0 Å². The summed E-state index contributed by atoms with van der Waals surface area (Å²) >= 11 is 0. The van der Waals surface area contributed by atoms with Gasteiger partial charge in [0.25, 0.3) is 0 Å². The maximum Gasteiger partial charge on any atom is 0.224 e. The van der Waals surface area contributed by atoms with Crippen molar-refractivity contribution in [2.45, 2.75) is 32.9 Å². The Labute approximate surface area is 119 Å². The van der Waals surface area contributed by atoms with E-state index in [0.717, 1.165) is 50.7 Å². The second-order valence-electron chi connectivity index (χ2n) is 5.37. The lowest BCUT2D eigenvalue weighted by atomic mass is 10.2. The van der Waals surface area contributed by atoms with Crippen LogP contribution in [0.25, 0.3) is 0 Å². The molecule has 0 radical (unpaired) electrons. The van der Waals surface area contributed by atoms with Gasteiger partial charge in [0.15, 0.2) is 0 Å². The number of morpholine rings is 1. The number of nitrogens with one attached hydrogen (secondary N) is 1. The van der Waals surface area contributed by atoms with Crippen molar-refractivity contribution >= 4 is 5.91 Å². The summed E-state index contributed by atoms with van der Waals surface area (Å²) in [5, 5.41) is 3.33. The summed E-state index contributed by atoms with van der Waals surface area (Å²) in [6, 6.07) is 0. The molecule has 1 amide bonds. The fourth-order valence-corrected chi connectivity index (χ4v) is 2.98. The standard InChI is InChI=1S/C14H22N4O2/c1-11-16-12-10-15-4-2-13(12)18(11)5-3-14(19)17-6-8-20-9-7-17/h15H,2-10H2,1H3. The zero-order chi connectivity index (χ0) is 13.9. The molecule has 110 valence electrons. The summed E-state index contributed by atoms with van der Waals surface area (Å²) in [5.74, 6) is 1.25.